The Hall–Kier alpha value is -2.62. The predicted octanol–water partition coefficient (Wildman–Crippen LogP) is 0.406. The van der Waals surface area contributed by atoms with Crippen molar-refractivity contribution in [2.45, 2.75) is 26.0 Å². The highest BCUT2D eigenvalue weighted by Crippen LogP contribution is 2.27. The topological polar surface area (TPSA) is 117 Å². The Labute approximate surface area is 144 Å². The summed E-state index contributed by atoms with van der Waals surface area (Å²) in [4.78, 5) is 27.3. The van der Waals surface area contributed by atoms with Crippen LogP contribution in [0.1, 0.15) is 13.3 Å². The molecule has 2 aromatic heterocycles. The summed E-state index contributed by atoms with van der Waals surface area (Å²) in [7, 11) is 1.85. The van der Waals surface area contributed by atoms with E-state index < -0.39 is 6.09 Å². The molecule has 3 heterocycles. The minimum absolute atomic E-state index is 0.0194. The first kappa shape index (κ1) is 17.2. The van der Waals surface area contributed by atoms with E-state index >= 15 is 0 Å². The fourth-order valence-electron chi connectivity index (χ4n) is 2.98. The summed E-state index contributed by atoms with van der Waals surface area (Å²) in [5.41, 5.74) is 1.19. The highest BCUT2D eigenvalue weighted by atomic mass is 16.5. The number of aryl methyl sites for hydroxylation is 1. The van der Waals surface area contributed by atoms with Crippen molar-refractivity contribution in [2.75, 3.05) is 38.2 Å². The molecule has 0 spiro atoms. The number of carbonyl (C=O) groups is 1. The second-order valence-electron chi connectivity index (χ2n) is 5.91. The van der Waals surface area contributed by atoms with Gasteiger partial charge in [0.05, 0.1) is 13.2 Å². The van der Waals surface area contributed by atoms with Crippen LogP contribution in [0, 0.1) is 0 Å². The molecular weight excluding hydrogens is 328 g/mol. The Balaban J connectivity index is 1.90. The van der Waals surface area contributed by atoms with Crippen LogP contribution in [-0.2, 0) is 6.54 Å². The van der Waals surface area contributed by atoms with E-state index in [4.69, 9.17) is 14.9 Å². The van der Waals surface area contributed by atoms with Gasteiger partial charge in [-0.25, -0.2) is 14.8 Å². The third-order valence-electron chi connectivity index (χ3n) is 4.27. The molecule has 0 aromatic carbocycles. The van der Waals surface area contributed by atoms with Crippen molar-refractivity contribution in [2.24, 2.45) is 0 Å². The van der Waals surface area contributed by atoms with Crippen LogP contribution in [0.25, 0.3) is 11.2 Å². The van der Waals surface area contributed by atoms with Crippen LogP contribution in [0.4, 0.5) is 10.7 Å². The summed E-state index contributed by atoms with van der Waals surface area (Å²) in [6.45, 7) is 3.87. The quantitative estimate of drug-likeness (QED) is 0.769. The van der Waals surface area contributed by atoms with Gasteiger partial charge in [-0.2, -0.15) is 4.98 Å². The van der Waals surface area contributed by atoms with Gasteiger partial charge in [-0.1, -0.05) is 0 Å². The SMILES string of the molecule is CCn1c(N(C)CCO)nc2c(OC3CCN(C(=O)O)C3)ncnc21. The first-order chi connectivity index (χ1) is 12.0. The van der Waals surface area contributed by atoms with E-state index in [1.165, 1.54) is 11.2 Å². The van der Waals surface area contributed by atoms with Crippen LogP contribution in [0.5, 0.6) is 5.88 Å². The molecule has 1 atom stereocenters. The third kappa shape index (κ3) is 3.29. The number of imidazole rings is 1. The molecule has 0 saturated carbocycles. The summed E-state index contributed by atoms with van der Waals surface area (Å²) in [6, 6.07) is 0. The summed E-state index contributed by atoms with van der Waals surface area (Å²) < 4.78 is 7.85. The van der Waals surface area contributed by atoms with Gasteiger partial charge in [0.15, 0.2) is 11.2 Å². The Bertz CT molecular complexity index is 764. The average molecular weight is 350 g/mol. The summed E-state index contributed by atoms with van der Waals surface area (Å²) in [5.74, 6) is 1.03. The number of aromatic nitrogens is 4. The first-order valence-corrected chi connectivity index (χ1v) is 8.22. The Morgan fingerprint density at radius 2 is 2.28 bits per heavy atom. The molecular formula is C15H22N6O4. The van der Waals surface area contributed by atoms with Crippen LogP contribution < -0.4 is 9.64 Å². The zero-order valence-electron chi connectivity index (χ0n) is 14.3. The van der Waals surface area contributed by atoms with E-state index in [9.17, 15) is 4.79 Å². The van der Waals surface area contributed by atoms with Gasteiger partial charge in [0.25, 0.3) is 0 Å². The van der Waals surface area contributed by atoms with E-state index in [2.05, 4.69) is 15.0 Å². The van der Waals surface area contributed by atoms with E-state index in [0.717, 1.165) is 0 Å². The van der Waals surface area contributed by atoms with Crippen LogP contribution in [-0.4, -0.2) is 80.1 Å². The van der Waals surface area contributed by atoms with Gasteiger partial charge >= 0.3 is 6.09 Å². The molecule has 25 heavy (non-hydrogen) atoms. The summed E-state index contributed by atoms with van der Waals surface area (Å²) >= 11 is 0. The lowest BCUT2D eigenvalue weighted by molar-refractivity contribution is 0.145. The van der Waals surface area contributed by atoms with E-state index in [1.807, 2.05) is 23.4 Å². The zero-order chi connectivity index (χ0) is 18.0. The monoisotopic (exact) mass is 350 g/mol. The molecule has 1 fully saturated rings. The molecule has 10 nitrogen and oxygen atoms in total. The molecule has 3 rings (SSSR count). The minimum atomic E-state index is -0.942. The second-order valence-corrected chi connectivity index (χ2v) is 5.91. The number of nitrogens with zero attached hydrogens (tertiary/aromatic N) is 6. The Morgan fingerprint density at radius 3 is 2.92 bits per heavy atom. The lowest BCUT2D eigenvalue weighted by Gasteiger charge is -2.17. The molecule has 1 aliphatic heterocycles. The molecule has 136 valence electrons. The number of carboxylic acid groups (broad SMARTS) is 1. The number of hydrogen-bond donors (Lipinski definition) is 2. The molecule has 1 aliphatic rings. The van der Waals surface area contributed by atoms with Crippen LogP contribution in [0.15, 0.2) is 6.33 Å². The number of hydrogen-bond acceptors (Lipinski definition) is 7. The predicted molar refractivity (Wildman–Crippen MR) is 90.0 cm³/mol. The maximum Gasteiger partial charge on any atom is 0.407 e. The normalized spacial score (nSPS) is 17.2. The van der Waals surface area contributed by atoms with Gasteiger partial charge in [0.2, 0.25) is 11.8 Å². The number of likely N-dealkylation sites (tertiary alicyclic amines) is 1. The second kappa shape index (κ2) is 7.09. The molecule has 0 radical (unpaired) electrons. The van der Waals surface area contributed by atoms with Crippen molar-refractivity contribution in [3.05, 3.63) is 6.33 Å². The van der Waals surface area contributed by atoms with E-state index in [0.29, 0.717) is 55.6 Å². The molecule has 0 aliphatic carbocycles. The van der Waals surface area contributed by atoms with Crippen LogP contribution >= 0.6 is 0 Å². The summed E-state index contributed by atoms with van der Waals surface area (Å²) in [5, 5.41) is 18.2. The number of rotatable bonds is 6. The standard InChI is InChI=1S/C15H22N6O4/c1-3-21-12-11(18-14(21)19(2)6-7-22)13(17-9-16-12)25-10-4-5-20(8-10)15(23)24/h9-10,22H,3-8H2,1-2H3,(H,23,24). The Kier molecular flexibility index (Phi) is 4.88. The van der Waals surface area contributed by atoms with Gasteiger partial charge in [0.1, 0.15) is 12.4 Å². The maximum atomic E-state index is 11.0. The van der Waals surface area contributed by atoms with Crippen LogP contribution in [0.2, 0.25) is 0 Å². The molecule has 1 unspecified atom stereocenters. The number of amides is 1. The van der Waals surface area contributed by atoms with Gasteiger partial charge < -0.3 is 24.7 Å². The fraction of sp³-hybridized carbons (Fsp3) is 0.600. The molecule has 0 bridgehead atoms. The number of aliphatic hydroxyl groups excluding tert-OH is 1. The van der Waals surface area contributed by atoms with Crippen molar-refractivity contribution in [3.63, 3.8) is 0 Å². The molecule has 10 heteroatoms. The lowest BCUT2D eigenvalue weighted by Crippen LogP contribution is -2.29. The largest absolute Gasteiger partial charge is 0.471 e. The fourth-order valence-corrected chi connectivity index (χ4v) is 2.98. The van der Waals surface area contributed by atoms with Crippen molar-refractivity contribution < 1.29 is 19.7 Å². The van der Waals surface area contributed by atoms with E-state index in [-0.39, 0.29) is 12.7 Å². The number of ether oxygens (including phenoxy) is 1. The Morgan fingerprint density at radius 1 is 1.48 bits per heavy atom. The highest BCUT2D eigenvalue weighted by Gasteiger charge is 2.29. The third-order valence-corrected chi connectivity index (χ3v) is 4.27. The molecule has 2 N–H and O–H groups in total. The van der Waals surface area contributed by atoms with Crippen LogP contribution in [0.3, 0.4) is 0 Å². The number of fused-ring (bicyclic) bond motifs is 1. The molecule has 1 saturated heterocycles. The van der Waals surface area contributed by atoms with Gasteiger partial charge in [0, 0.05) is 33.1 Å². The number of anilines is 1. The highest BCUT2D eigenvalue weighted by molar-refractivity contribution is 5.79. The summed E-state index contributed by atoms with van der Waals surface area (Å²) in [6.07, 6.45) is 0.844. The van der Waals surface area contributed by atoms with Crippen molar-refractivity contribution >= 4 is 23.2 Å². The maximum absolute atomic E-state index is 11.0. The molecule has 1 amide bonds. The number of aliphatic hydroxyl groups is 1. The van der Waals surface area contributed by atoms with Gasteiger partial charge in [-0.3, -0.25) is 4.57 Å². The lowest BCUT2D eigenvalue weighted by atomic mass is 10.3. The van der Waals surface area contributed by atoms with Gasteiger partial charge in [-0.15, -0.1) is 0 Å². The smallest absolute Gasteiger partial charge is 0.407 e. The molecule has 2 aromatic rings. The van der Waals surface area contributed by atoms with Crippen molar-refractivity contribution in [3.8, 4) is 5.88 Å². The van der Waals surface area contributed by atoms with E-state index in [1.54, 1.807) is 0 Å². The zero-order valence-corrected chi connectivity index (χ0v) is 14.3. The number of likely N-dealkylation sites (N-methyl/N-ethyl adjacent to an activating group) is 1. The van der Waals surface area contributed by atoms with Gasteiger partial charge in [-0.05, 0) is 6.92 Å². The minimum Gasteiger partial charge on any atom is -0.471 e. The van der Waals surface area contributed by atoms with Crippen molar-refractivity contribution in [1.29, 1.82) is 0 Å². The van der Waals surface area contributed by atoms with Crippen molar-refractivity contribution in [1.82, 2.24) is 24.4 Å². The first-order valence-electron chi connectivity index (χ1n) is 8.22. The average Bonchev–Trinajstić information content (AvgIpc) is 3.20.